The van der Waals surface area contributed by atoms with E-state index in [4.69, 9.17) is 9.15 Å². The SMILES string of the molecule is O=C(COc1cccc(-c2nnco2)c1)NC(C1CC1)C1CC1. The predicted octanol–water partition coefficient (Wildman–Crippen LogP) is 2.42. The summed E-state index contributed by atoms with van der Waals surface area (Å²) in [5.41, 5.74) is 0.772. The van der Waals surface area contributed by atoms with Crippen LogP contribution in [0.5, 0.6) is 5.75 Å². The third-order valence-electron chi connectivity index (χ3n) is 4.40. The maximum Gasteiger partial charge on any atom is 0.258 e. The Hall–Kier alpha value is -2.37. The van der Waals surface area contributed by atoms with E-state index in [-0.39, 0.29) is 12.5 Å². The van der Waals surface area contributed by atoms with Crippen molar-refractivity contribution in [1.29, 1.82) is 0 Å². The molecule has 2 saturated carbocycles. The quantitative estimate of drug-likeness (QED) is 0.849. The van der Waals surface area contributed by atoms with E-state index < -0.39 is 0 Å². The molecule has 120 valence electrons. The molecule has 0 aliphatic heterocycles. The van der Waals surface area contributed by atoms with Gasteiger partial charge in [-0.3, -0.25) is 4.79 Å². The fraction of sp³-hybridized carbons (Fsp3) is 0.471. The molecule has 6 heteroatoms. The number of carbonyl (C=O) groups is 1. The first-order valence-electron chi connectivity index (χ1n) is 8.08. The van der Waals surface area contributed by atoms with Gasteiger partial charge in [-0.05, 0) is 55.7 Å². The zero-order chi connectivity index (χ0) is 15.6. The zero-order valence-electron chi connectivity index (χ0n) is 12.8. The van der Waals surface area contributed by atoms with Crippen molar-refractivity contribution in [3.8, 4) is 17.2 Å². The van der Waals surface area contributed by atoms with Gasteiger partial charge in [0.25, 0.3) is 5.91 Å². The highest BCUT2D eigenvalue weighted by Gasteiger charge is 2.42. The highest BCUT2D eigenvalue weighted by Crippen LogP contribution is 2.44. The van der Waals surface area contributed by atoms with Crippen LogP contribution in [-0.4, -0.2) is 28.8 Å². The molecule has 1 heterocycles. The van der Waals surface area contributed by atoms with Gasteiger partial charge in [-0.1, -0.05) is 6.07 Å². The Morgan fingerprint density at radius 1 is 1.30 bits per heavy atom. The first-order valence-corrected chi connectivity index (χ1v) is 8.08. The Labute approximate surface area is 134 Å². The summed E-state index contributed by atoms with van der Waals surface area (Å²) in [5.74, 6) is 2.38. The molecular weight excluding hydrogens is 294 g/mol. The lowest BCUT2D eigenvalue weighted by atomic mass is 10.1. The van der Waals surface area contributed by atoms with Crippen LogP contribution >= 0.6 is 0 Å². The van der Waals surface area contributed by atoms with Gasteiger partial charge < -0.3 is 14.5 Å². The highest BCUT2D eigenvalue weighted by atomic mass is 16.5. The summed E-state index contributed by atoms with van der Waals surface area (Å²) in [6.45, 7) is 0.0310. The van der Waals surface area contributed by atoms with Crippen molar-refractivity contribution in [3.05, 3.63) is 30.7 Å². The molecule has 23 heavy (non-hydrogen) atoms. The number of aromatic nitrogens is 2. The number of benzene rings is 1. The molecule has 1 N–H and O–H groups in total. The van der Waals surface area contributed by atoms with Crippen LogP contribution in [0.15, 0.2) is 35.1 Å². The molecule has 1 aromatic heterocycles. The Balaban J connectivity index is 1.33. The molecule has 2 aliphatic rings. The summed E-state index contributed by atoms with van der Waals surface area (Å²) in [6, 6.07) is 7.66. The van der Waals surface area contributed by atoms with Crippen LogP contribution in [0.3, 0.4) is 0 Å². The van der Waals surface area contributed by atoms with E-state index in [9.17, 15) is 4.79 Å². The molecule has 0 saturated heterocycles. The maximum absolute atomic E-state index is 12.1. The molecule has 0 atom stereocenters. The average molecular weight is 313 g/mol. The second-order valence-corrected chi connectivity index (χ2v) is 6.33. The first-order chi connectivity index (χ1) is 11.3. The van der Waals surface area contributed by atoms with Crippen molar-refractivity contribution < 1.29 is 13.9 Å². The fourth-order valence-corrected chi connectivity index (χ4v) is 2.93. The molecule has 0 radical (unpaired) electrons. The van der Waals surface area contributed by atoms with Gasteiger partial charge in [-0.15, -0.1) is 10.2 Å². The highest BCUT2D eigenvalue weighted by molar-refractivity contribution is 5.78. The Kier molecular flexibility index (Phi) is 3.73. The molecule has 4 rings (SSSR count). The van der Waals surface area contributed by atoms with E-state index >= 15 is 0 Å². The maximum atomic E-state index is 12.1. The lowest BCUT2D eigenvalue weighted by Crippen LogP contribution is -2.40. The molecule has 2 aliphatic carbocycles. The molecule has 2 aromatic rings. The number of carbonyl (C=O) groups excluding carboxylic acids is 1. The number of hydrogen-bond donors (Lipinski definition) is 1. The van der Waals surface area contributed by atoms with Gasteiger partial charge in [0, 0.05) is 11.6 Å². The van der Waals surface area contributed by atoms with Crippen LogP contribution in [0, 0.1) is 11.8 Å². The van der Waals surface area contributed by atoms with Crippen LogP contribution < -0.4 is 10.1 Å². The van der Waals surface area contributed by atoms with Crippen LogP contribution in [0.1, 0.15) is 25.7 Å². The summed E-state index contributed by atoms with van der Waals surface area (Å²) in [5, 5.41) is 10.7. The Morgan fingerprint density at radius 2 is 2.09 bits per heavy atom. The Morgan fingerprint density at radius 3 is 2.74 bits per heavy atom. The van der Waals surface area contributed by atoms with Gasteiger partial charge in [0.05, 0.1) is 0 Å². The van der Waals surface area contributed by atoms with E-state index in [1.165, 1.54) is 32.1 Å². The van der Waals surface area contributed by atoms with Gasteiger partial charge in [0.15, 0.2) is 6.61 Å². The molecule has 6 nitrogen and oxygen atoms in total. The summed E-state index contributed by atoms with van der Waals surface area (Å²) in [7, 11) is 0. The monoisotopic (exact) mass is 313 g/mol. The van der Waals surface area contributed by atoms with Gasteiger partial charge >= 0.3 is 0 Å². The largest absolute Gasteiger partial charge is 0.484 e. The minimum absolute atomic E-state index is 0.0310. The van der Waals surface area contributed by atoms with Gasteiger partial charge in [0.1, 0.15) is 5.75 Å². The normalized spacial score (nSPS) is 17.3. The van der Waals surface area contributed by atoms with Crippen LogP contribution in [0.4, 0.5) is 0 Å². The van der Waals surface area contributed by atoms with Crippen molar-refractivity contribution in [2.75, 3.05) is 6.61 Å². The standard InChI is InChI=1S/C17H19N3O3/c21-15(19-16(11-4-5-11)12-6-7-12)9-22-14-3-1-2-13(8-14)17-20-18-10-23-17/h1-3,8,10-12,16H,4-7,9H2,(H,19,21). The minimum Gasteiger partial charge on any atom is -0.484 e. The summed E-state index contributed by atoms with van der Waals surface area (Å²) in [6.07, 6.45) is 6.26. The lowest BCUT2D eigenvalue weighted by Gasteiger charge is -2.17. The lowest BCUT2D eigenvalue weighted by molar-refractivity contribution is -0.124. The zero-order valence-corrected chi connectivity index (χ0v) is 12.8. The van der Waals surface area contributed by atoms with E-state index in [0.717, 1.165) is 5.56 Å². The third-order valence-corrected chi connectivity index (χ3v) is 4.40. The van der Waals surface area contributed by atoms with Crippen molar-refractivity contribution in [2.24, 2.45) is 11.8 Å². The van der Waals surface area contributed by atoms with Crippen molar-refractivity contribution in [2.45, 2.75) is 31.7 Å². The van der Waals surface area contributed by atoms with Gasteiger partial charge in [0.2, 0.25) is 12.3 Å². The van der Waals surface area contributed by atoms with Crippen molar-refractivity contribution in [1.82, 2.24) is 15.5 Å². The van der Waals surface area contributed by atoms with Crippen molar-refractivity contribution >= 4 is 5.91 Å². The van der Waals surface area contributed by atoms with E-state index in [0.29, 0.717) is 29.5 Å². The molecule has 0 spiro atoms. The molecular formula is C17H19N3O3. The molecule has 1 amide bonds. The number of ether oxygens (including phenoxy) is 1. The molecule has 0 bridgehead atoms. The predicted molar refractivity (Wildman–Crippen MR) is 82.6 cm³/mol. The van der Waals surface area contributed by atoms with E-state index in [1.807, 2.05) is 18.2 Å². The Bertz CT molecular complexity index is 666. The smallest absolute Gasteiger partial charge is 0.258 e. The number of amides is 1. The second kappa shape index (κ2) is 6.02. The van der Waals surface area contributed by atoms with Crippen LogP contribution in [0.25, 0.3) is 11.5 Å². The van der Waals surface area contributed by atoms with Gasteiger partial charge in [-0.25, -0.2) is 0 Å². The summed E-state index contributed by atoms with van der Waals surface area (Å²) < 4.78 is 10.8. The van der Waals surface area contributed by atoms with E-state index in [1.54, 1.807) is 6.07 Å². The first kappa shape index (κ1) is 14.2. The molecule has 1 aromatic carbocycles. The summed E-state index contributed by atoms with van der Waals surface area (Å²) in [4.78, 5) is 12.1. The van der Waals surface area contributed by atoms with Gasteiger partial charge in [-0.2, -0.15) is 0 Å². The number of nitrogens with zero attached hydrogens (tertiary/aromatic N) is 2. The minimum atomic E-state index is -0.0445. The molecule has 2 fully saturated rings. The number of rotatable bonds is 7. The topological polar surface area (TPSA) is 77.2 Å². The number of hydrogen-bond acceptors (Lipinski definition) is 5. The average Bonchev–Trinajstić information content (AvgIpc) is 3.50. The van der Waals surface area contributed by atoms with Crippen molar-refractivity contribution in [3.63, 3.8) is 0 Å². The molecule has 0 unspecified atom stereocenters. The summed E-state index contributed by atoms with van der Waals surface area (Å²) >= 11 is 0. The van der Waals surface area contributed by atoms with Crippen LogP contribution in [0.2, 0.25) is 0 Å². The number of nitrogens with one attached hydrogen (secondary N) is 1. The third kappa shape index (κ3) is 3.52. The fourth-order valence-electron chi connectivity index (χ4n) is 2.93. The van der Waals surface area contributed by atoms with E-state index in [2.05, 4.69) is 15.5 Å². The second-order valence-electron chi connectivity index (χ2n) is 6.33. The van der Waals surface area contributed by atoms with Crippen LogP contribution in [-0.2, 0) is 4.79 Å².